The van der Waals surface area contributed by atoms with Gasteiger partial charge in [-0.3, -0.25) is 0 Å². The number of aliphatic hydroxyl groups excluding tert-OH is 1. The molecule has 1 fully saturated rings. The van der Waals surface area contributed by atoms with Crippen LogP contribution in [0.15, 0.2) is 22.7 Å². The van der Waals surface area contributed by atoms with Crippen molar-refractivity contribution < 1.29 is 9.84 Å². The monoisotopic (exact) mass is 341 g/mol. The summed E-state index contributed by atoms with van der Waals surface area (Å²) in [5, 5.41) is 9.72. The molecule has 0 spiro atoms. The van der Waals surface area contributed by atoms with Crippen LogP contribution in [0.1, 0.15) is 38.4 Å². The molecule has 0 saturated heterocycles. The second kappa shape index (κ2) is 6.92. The van der Waals surface area contributed by atoms with Crippen LogP contribution in [0, 0.1) is 5.92 Å². The molecule has 1 aromatic rings. The molecule has 20 heavy (non-hydrogen) atoms. The van der Waals surface area contributed by atoms with Crippen molar-refractivity contribution in [2.24, 2.45) is 5.92 Å². The fourth-order valence-corrected chi connectivity index (χ4v) is 3.32. The Kier molecular flexibility index (Phi) is 5.47. The summed E-state index contributed by atoms with van der Waals surface area (Å²) < 4.78 is 6.21. The number of nitrogens with zero attached hydrogens (tertiary/aromatic N) is 1. The summed E-state index contributed by atoms with van der Waals surface area (Å²) in [6.07, 6.45) is 2.21. The van der Waals surface area contributed by atoms with Crippen LogP contribution in [0.4, 0.5) is 5.69 Å². The molecule has 1 aliphatic rings. The molecule has 0 radical (unpaired) electrons. The van der Waals surface area contributed by atoms with Gasteiger partial charge in [-0.05, 0) is 50.3 Å². The number of hydrogen-bond donors (Lipinski definition) is 1. The molecule has 0 aliphatic heterocycles. The van der Waals surface area contributed by atoms with Crippen molar-refractivity contribution >= 4 is 21.6 Å². The van der Waals surface area contributed by atoms with E-state index in [1.165, 1.54) is 18.5 Å². The summed E-state index contributed by atoms with van der Waals surface area (Å²) in [5.74, 6) is 0.807. The lowest BCUT2D eigenvalue weighted by molar-refractivity contribution is 0.198. The Bertz CT molecular complexity index is 446. The summed E-state index contributed by atoms with van der Waals surface area (Å²) in [6.45, 7) is 5.71. The van der Waals surface area contributed by atoms with Crippen molar-refractivity contribution in [1.82, 2.24) is 0 Å². The summed E-state index contributed by atoms with van der Waals surface area (Å²) in [5.41, 5.74) is 2.12. The van der Waals surface area contributed by atoms with Gasteiger partial charge in [0.15, 0.2) is 0 Å². The molecule has 2 rings (SSSR count). The third kappa shape index (κ3) is 3.74. The lowest BCUT2D eigenvalue weighted by atomic mass is 10.1. The van der Waals surface area contributed by atoms with Gasteiger partial charge in [-0.15, -0.1) is 0 Å². The smallest absolute Gasteiger partial charge is 0.0772 e. The highest BCUT2D eigenvalue weighted by molar-refractivity contribution is 9.10. The summed E-state index contributed by atoms with van der Waals surface area (Å²) in [7, 11) is 1.74. The number of hydrogen-bond acceptors (Lipinski definition) is 3. The fourth-order valence-electron chi connectivity index (χ4n) is 2.62. The predicted octanol–water partition coefficient (Wildman–Crippen LogP) is 3.75. The van der Waals surface area contributed by atoms with Gasteiger partial charge in [-0.25, -0.2) is 0 Å². The van der Waals surface area contributed by atoms with E-state index in [-0.39, 0.29) is 0 Å². The van der Waals surface area contributed by atoms with E-state index in [0.29, 0.717) is 6.04 Å². The number of methoxy groups -OCH3 is 1. The number of benzene rings is 1. The van der Waals surface area contributed by atoms with Gasteiger partial charge < -0.3 is 14.7 Å². The second-order valence-corrected chi connectivity index (χ2v) is 6.50. The fraction of sp³-hybridized carbons (Fsp3) is 0.625. The zero-order chi connectivity index (χ0) is 14.7. The molecule has 0 bridgehead atoms. The summed E-state index contributed by atoms with van der Waals surface area (Å²) in [6, 6.07) is 6.75. The normalized spacial score (nSPS) is 17.9. The van der Waals surface area contributed by atoms with Crippen LogP contribution in [0.25, 0.3) is 0 Å². The molecule has 0 amide bonds. The van der Waals surface area contributed by atoms with Gasteiger partial charge in [0.2, 0.25) is 0 Å². The van der Waals surface area contributed by atoms with Crippen LogP contribution in [-0.2, 0) is 4.74 Å². The van der Waals surface area contributed by atoms with Crippen LogP contribution in [0.5, 0.6) is 0 Å². The molecule has 2 atom stereocenters. The van der Waals surface area contributed by atoms with Gasteiger partial charge in [0.25, 0.3) is 0 Å². The van der Waals surface area contributed by atoms with E-state index in [4.69, 9.17) is 4.74 Å². The number of anilines is 1. The van der Waals surface area contributed by atoms with Crippen LogP contribution < -0.4 is 4.90 Å². The maximum Gasteiger partial charge on any atom is 0.0772 e. The maximum absolute atomic E-state index is 9.72. The largest absolute Gasteiger partial charge is 0.389 e. The van der Waals surface area contributed by atoms with E-state index >= 15 is 0 Å². The van der Waals surface area contributed by atoms with Gasteiger partial charge in [0, 0.05) is 29.9 Å². The molecular weight excluding hydrogens is 318 g/mol. The minimum Gasteiger partial charge on any atom is -0.389 e. The molecule has 0 heterocycles. The minimum atomic E-state index is -0.452. The van der Waals surface area contributed by atoms with Crippen molar-refractivity contribution in [2.75, 3.05) is 25.2 Å². The third-order valence-corrected chi connectivity index (χ3v) is 4.78. The highest BCUT2D eigenvalue weighted by Gasteiger charge is 2.32. The first kappa shape index (κ1) is 15.8. The molecule has 1 N–H and O–H groups in total. The first-order valence-corrected chi connectivity index (χ1v) is 8.07. The van der Waals surface area contributed by atoms with Gasteiger partial charge in [0.1, 0.15) is 0 Å². The van der Waals surface area contributed by atoms with Crippen molar-refractivity contribution in [3.8, 4) is 0 Å². The number of aliphatic hydroxyl groups is 1. The molecule has 1 unspecified atom stereocenters. The van der Waals surface area contributed by atoms with Crippen LogP contribution in [0.3, 0.4) is 0 Å². The standard InChI is InChI=1S/C16H24BrNO2/c1-11(13-4-5-13)18(8-9-20-3)14-6-7-15(12(2)19)16(17)10-14/h6-7,10-13,19H,4-5,8-9H2,1-3H3/t11?,12-/m1/s1. The van der Waals surface area contributed by atoms with Crippen LogP contribution >= 0.6 is 15.9 Å². The zero-order valence-electron chi connectivity index (χ0n) is 12.5. The van der Waals surface area contributed by atoms with Gasteiger partial charge >= 0.3 is 0 Å². The van der Waals surface area contributed by atoms with Crippen molar-refractivity contribution in [2.45, 2.75) is 38.8 Å². The quantitative estimate of drug-likeness (QED) is 0.819. The van der Waals surface area contributed by atoms with Gasteiger partial charge in [-0.1, -0.05) is 22.0 Å². The van der Waals surface area contributed by atoms with Crippen molar-refractivity contribution in [1.29, 1.82) is 0 Å². The SMILES string of the molecule is COCCN(c1ccc([C@@H](C)O)c(Br)c1)C(C)C1CC1. The predicted molar refractivity (Wildman–Crippen MR) is 86.2 cm³/mol. The Labute approximate surface area is 130 Å². The molecular formula is C16H24BrNO2. The lowest BCUT2D eigenvalue weighted by Crippen LogP contribution is -2.37. The van der Waals surface area contributed by atoms with E-state index in [1.807, 2.05) is 6.07 Å². The number of rotatable bonds is 7. The third-order valence-electron chi connectivity index (χ3n) is 4.10. The van der Waals surface area contributed by atoms with E-state index in [9.17, 15) is 5.11 Å². The molecule has 1 aromatic carbocycles. The first-order chi connectivity index (χ1) is 9.54. The van der Waals surface area contributed by atoms with E-state index in [2.05, 4.69) is 39.9 Å². The average molecular weight is 342 g/mol. The highest BCUT2D eigenvalue weighted by atomic mass is 79.9. The lowest BCUT2D eigenvalue weighted by Gasteiger charge is -2.32. The average Bonchev–Trinajstić information content (AvgIpc) is 3.22. The molecule has 1 saturated carbocycles. The maximum atomic E-state index is 9.72. The Balaban J connectivity index is 2.21. The van der Waals surface area contributed by atoms with E-state index < -0.39 is 6.10 Å². The second-order valence-electron chi connectivity index (χ2n) is 5.65. The summed E-state index contributed by atoms with van der Waals surface area (Å²) in [4.78, 5) is 2.41. The Morgan fingerprint density at radius 3 is 2.60 bits per heavy atom. The zero-order valence-corrected chi connectivity index (χ0v) is 14.1. The topological polar surface area (TPSA) is 32.7 Å². The van der Waals surface area contributed by atoms with Crippen molar-refractivity contribution in [3.05, 3.63) is 28.2 Å². The van der Waals surface area contributed by atoms with Crippen LogP contribution in [-0.4, -0.2) is 31.4 Å². The minimum absolute atomic E-state index is 0.452. The highest BCUT2D eigenvalue weighted by Crippen LogP contribution is 2.38. The first-order valence-electron chi connectivity index (χ1n) is 7.27. The van der Waals surface area contributed by atoms with Crippen LogP contribution in [0.2, 0.25) is 0 Å². The van der Waals surface area contributed by atoms with Crippen molar-refractivity contribution in [3.63, 3.8) is 0 Å². The molecule has 4 heteroatoms. The number of ether oxygens (including phenoxy) is 1. The molecule has 0 aromatic heterocycles. The summed E-state index contributed by atoms with van der Waals surface area (Å²) >= 11 is 3.57. The molecule has 1 aliphatic carbocycles. The Hall–Kier alpha value is -0.580. The van der Waals surface area contributed by atoms with E-state index in [0.717, 1.165) is 29.1 Å². The van der Waals surface area contributed by atoms with Gasteiger partial charge in [0.05, 0.1) is 12.7 Å². The molecule has 3 nitrogen and oxygen atoms in total. The number of halogens is 1. The van der Waals surface area contributed by atoms with Gasteiger partial charge in [-0.2, -0.15) is 0 Å². The molecule has 112 valence electrons. The Morgan fingerprint density at radius 2 is 2.10 bits per heavy atom. The van der Waals surface area contributed by atoms with E-state index in [1.54, 1.807) is 14.0 Å². The Morgan fingerprint density at radius 1 is 1.40 bits per heavy atom.